The highest BCUT2D eigenvalue weighted by molar-refractivity contribution is 7.13. The lowest BCUT2D eigenvalue weighted by Crippen LogP contribution is -2.49. The summed E-state index contributed by atoms with van der Waals surface area (Å²) in [6.45, 7) is 3.97. The Morgan fingerprint density at radius 3 is 2.69 bits per heavy atom. The maximum Gasteiger partial charge on any atom is 0.276 e. The van der Waals surface area contributed by atoms with E-state index in [4.69, 9.17) is 4.52 Å². The number of para-hydroxylation sites is 1. The van der Waals surface area contributed by atoms with Gasteiger partial charge in [0.2, 0.25) is 11.7 Å². The van der Waals surface area contributed by atoms with Crippen LogP contribution in [-0.4, -0.2) is 73.6 Å². The smallest absolute Gasteiger partial charge is 0.276 e. The molecule has 0 saturated carbocycles. The van der Waals surface area contributed by atoms with E-state index >= 15 is 0 Å². The molecule has 1 amide bonds. The Labute approximate surface area is 189 Å². The fourth-order valence-corrected chi connectivity index (χ4v) is 4.35. The molecule has 4 heterocycles. The van der Waals surface area contributed by atoms with Gasteiger partial charge in [-0.05, 0) is 36.5 Å². The molecular weight excluding hydrogens is 426 g/mol. The van der Waals surface area contributed by atoms with Gasteiger partial charge in [0, 0.05) is 32.6 Å². The van der Waals surface area contributed by atoms with Crippen molar-refractivity contribution < 1.29 is 9.32 Å². The van der Waals surface area contributed by atoms with Crippen molar-refractivity contribution in [1.82, 2.24) is 34.9 Å². The van der Waals surface area contributed by atoms with Gasteiger partial charge in [-0.1, -0.05) is 29.4 Å². The first-order valence-corrected chi connectivity index (χ1v) is 11.5. The number of benzene rings is 1. The minimum Gasteiger partial charge on any atom is -0.339 e. The average molecular weight is 450 g/mol. The molecule has 1 fully saturated rings. The van der Waals surface area contributed by atoms with Crippen molar-refractivity contribution >= 4 is 17.2 Å². The summed E-state index contributed by atoms with van der Waals surface area (Å²) in [5.41, 5.74) is 1.21. The van der Waals surface area contributed by atoms with E-state index < -0.39 is 0 Å². The van der Waals surface area contributed by atoms with Crippen molar-refractivity contribution in [2.24, 2.45) is 0 Å². The molecule has 1 aliphatic heterocycles. The number of aromatic nitrogens is 5. The van der Waals surface area contributed by atoms with E-state index in [2.05, 4.69) is 25.2 Å². The second kappa shape index (κ2) is 9.41. The summed E-state index contributed by atoms with van der Waals surface area (Å²) >= 11 is 1.60. The zero-order valence-corrected chi connectivity index (χ0v) is 18.3. The molecule has 164 valence electrons. The van der Waals surface area contributed by atoms with Crippen LogP contribution in [0.25, 0.3) is 16.4 Å². The van der Waals surface area contributed by atoms with E-state index in [9.17, 15) is 4.79 Å². The fourth-order valence-electron chi connectivity index (χ4n) is 3.70. The van der Waals surface area contributed by atoms with Gasteiger partial charge in [-0.2, -0.15) is 14.9 Å². The fraction of sp³-hybridized carbons (Fsp3) is 0.318. The van der Waals surface area contributed by atoms with Crippen LogP contribution in [0.2, 0.25) is 0 Å². The van der Waals surface area contributed by atoms with Gasteiger partial charge in [-0.15, -0.1) is 16.4 Å². The van der Waals surface area contributed by atoms with E-state index in [0.717, 1.165) is 43.0 Å². The summed E-state index contributed by atoms with van der Waals surface area (Å²) in [5.74, 6) is 1.26. The lowest BCUT2D eigenvalue weighted by molar-refractivity contribution is 0.0629. The SMILES string of the molecule is O=C(c1cnn(-c2ccccc2)n1)N1CCN(CCCc2nc(-c3cccs3)no2)CC1. The molecule has 5 rings (SSSR count). The second-order valence-electron chi connectivity index (χ2n) is 7.58. The van der Waals surface area contributed by atoms with Crippen LogP contribution < -0.4 is 0 Å². The van der Waals surface area contributed by atoms with Gasteiger partial charge in [-0.3, -0.25) is 9.69 Å². The molecule has 0 radical (unpaired) electrons. The highest BCUT2D eigenvalue weighted by Crippen LogP contribution is 2.21. The Hall–Kier alpha value is -3.37. The molecule has 0 bridgehead atoms. The quantitative estimate of drug-likeness (QED) is 0.428. The maximum atomic E-state index is 12.8. The molecule has 32 heavy (non-hydrogen) atoms. The Morgan fingerprint density at radius 2 is 1.91 bits per heavy atom. The maximum absolute atomic E-state index is 12.8. The monoisotopic (exact) mass is 449 g/mol. The highest BCUT2D eigenvalue weighted by Gasteiger charge is 2.24. The average Bonchev–Trinajstić information content (AvgIpc) is 3.61. The van der Waals surface area contributed by atoms with Crippen molar-refractivity contribution in [1.29, 1.82) is 0 Å². The van der Waals surface area contributed by atoms with Crippen LogP contribution in [0.15, 0.2) is 58.6 Å². The van der Waals surface area contributed by atoms with Crippen molar-refractivity contribution in [3.05, 3.63) is 65.6 Å². The summed E-state index contributed by atoms with van der Waals surface area (Å²) in [7, 11) is 0. The molecule has 1 saturated heterocycles. The molecule has 3 aromatic heterocycles. The zero-order chi connectivity index (χ0) is 21.8. The first kappa shape index (κ1) is 20.5. The second-order valence-corrected chi connectivity index (χ2v) is 8.53. The van der Waals surface area contributed by atoms with Crippen LogP contribution in [0.3, 0.4) is 0 Å². The number of carbonyl (C=O) groups excluding carboxylic acids is 1. The van der Waals surface area contributed by atoms with Crippen LogP contribution in [0.4, 0.5) is 0 Å². The van der Waals surface area contributed by atoms with Crippen LogP contribution in [0.1, 0.15) is 22.8 Å². The molecule has 0 aliphatic carbocycles. The van der Waals surface area contributed by atoms with Crippen LogP contribution in [0, 0.1) is 0 Å². The minimum atomic E-state index is -0.0706. The molecule has 1 aromatic carbocycles. The van der Waals surface area contributed by atoms with Gasteiger partial charge >= 0.3 is 0 Å². The Morgan fingerprint density at radius 1 is 1.06 bits per heavy atom. The lowest BCUT2D eigenvalue weighted by atomic mass is 10.2. The number of aryl methyl sites for hydroxylation is 1. The number of hydrogen-bond donors (Lipinski definition) is 0. The Balaban J connectivity index is 1.08. The largest absolute Gasteiger partial charge is 0.339 e. The molecular formula is C22H23N7O2S. The molecule has 0 N–H and O–H groups in total. The van der Waals surface area contributed by atoms with Gasteiger partial charge in [-0.25, -0.2) is 0 Å². The minimum absolute atomic E-state index is 0.0706. The number of thiophene rings is 1. The van der Waals surface area contributed by atoms with Gasteiger partial charge < -0.3 is 9.42 Å². The number of hydrogen-bond acceptors (Lipinski definition) is 8. The van der Waals surface area contributed by atoms with E-state index in [1.165, 1.54) is 11.0 Å². The van der Waals surface area contributed by atoms with Gasteiger partial charge in [0.15, 0.2) is 5.69 Å². The number of amides is 1. The number of nitrogens with zero attached hydrogens (tertiary/aromatic N) is 7. The topological polar surface area (TPSA) is 93.2 Å². The number of piperazine rings is 1. The van der Waals surface area contributed by atoms with Crippen molar-refractivity contribution in [3.8, 4) is 16.4 Å². The van der Waals surface area contributed by atoms with Gasteiger partial charge in [0.1, 0.15) is 0 Å². The summed E-state index contributed by atoms with van der Waals surface area (Å²) in [4.78, 5) is 24.0. The normalized spacial score (nSPS) is 14.7. The Bertz CT molecular complexity index is 1150. The third-order valence-electron chi connectivity index (χ3n) is 5.43. The van der Waals surface area contributed by atoms with Crippen molar-refractivity contribution in [3.63, 3.8) is 0 Å². The highest BCUT2D eigenvalue weighted by atomic mass is 32.1. The first-order valence-electron chi connectivity index (χ1n) is 10.6. The van der Waals surface area contributed by atoms with Crippen LogP contribution >= 0.6 is 11.3 Å². The van der Waals surface area contributed by atoms with E-state index in [1.807, 2.05) is 52.7 Å². The molecule has 0 atom stereocenters. The summed E-state index contributed by atoms with van der Waals surface area (Å²) in [6, 6.07) is 13.5. The number of rotatable bonds is 7. The summed E-state index contributed by atoms with van der Waals surface area (Å²) in [6.07, 6.45) is 3.22. The van der Waals surface area contributed by atoms with Crippen LogP contribution in [-0.2, 0) is 6.42 Å². The Kier molecular flexibility index (Phi) is 6.04. The lowest BCUT2D eigenvalue weighted by Gasteiger charge is -2.34. The molecule has 9 nitrogen and oxygen atoms in total. The van der Waals surface area contributed by atoms with Gasteiger partial charge in [0.25, 0.3) is 5.91 Å². The molecule has 0 unspecified atom stereocenters. The third kappa shape index (κ3) is 4.61. The molecule has 1 aliphatic rings. The predicted octanol–water partition coefficient (Wildman–Crippen LogP) is 2.77. The summed E-state index contributed by atoms with van der Waals surface area (Å²) in [5, 5.41) is 14.6. The molecule has 10 heteroatoms. The van der Waals surface area contributed by atoms with E-state index in [-0.39, 0.29) is 5.91 Å². The van der Waals surface area contributed by atoms with Crippen molar-refractivity contribution in [2.45, 2.75) is 12.8 Å². The van der Waals surface area contributed by atoms with Gasteiger partial charge in [0.05, 0.1) is 16.8 Å². The van der Waals surface area contributed by atoms with E-state index in [1.54, 1.807) is 11.3 Å². The van der Waals surface area contributed by atoms with E-state index in [0.29, 0.717) is 30.5 Å². The third-order valence-corrected chi connectivity index (χ3v) is 6.30. The van der Waals surface area contributed by atoms with Crippen LogP contribution in [0.5, 0.6) is 0 Å². The summed E-state index contributed by atoms with van der Waals surface area (Å²) < 4.78 is 5.37. The molecule has 0 spiro atoms. The zero-order valence-electron chi connectivity index (χ0n) is 17.5. The first-order chi connectivity index (χ1) is 15.8. The van der Waals surface area contributed by atoms with Crippen molar-refractivity contribution in [2.75, 3.05) is 32.7 Å². The standard InChI is InChI=1S/C22H23N7O2S/c30-22(18-16-23-29(25-18)17-6-2-1-3-7-17)28-13-11-27(12-14-28)10-4-9-20-24-21(26-31-20)19-8-5-15-32-19/h1-3,5-8,15-16H,4,9-14H2. The predicted molar refractivity (Wildman–Crippen MR) is 120 cm³/mol. The molecule has 4 aromatic rings. The number of carbonyl (C=O) groups is 1.